The number of benzene rings is 2. The van der Waals surface area contributed by atoms with Gasteiger partial charge in [0.05, 0.1) is 6.21 Å². The number of hydrazone groups is 1. The Morgan fingerprint density at radius 3 is 2.64 bits per heavy atom. The Kier molecular flexibility index (Phi) is 6.54. The number of nitrogens with zero attached hydrogens (tertiary/aromatic N) is 1. The molecule has 0 saturated heterocycles. The Bertz CT molecular complexity index is 806. The third-order valence-corrected chi connectivity index (χ3v) is 3.80. The highest BCUT2D eigenvalue weighted by Crippen LogP contribution is 2.23. The molecule has 0 heterocycles. The van der Waals surface area contributed by atoms with Crippen LogP contribution in [-0.4, -0.2) is 23.1 Å². The Balaban J connectivity index is 1.77. The first-order valence-electron chi connectivity index (χ1n) is 7.61. The topological polar surface area (TPSA) is 90.8 Å². The molecule has 3 N–H and O–H groups in total. The van der Waals surface area contributed by atoms with Gasteiger partial charge in [-0.1, -0.05) is 29.8 Å². The van der Waals surface area contributed by atoms with E-state index in [1.54, 1.807) is 37.3 Å². The van der Waals surface area contributed by atoms with Crippen molar-refractivity contribution in [2.45, 2.75) is 19.8 Å². The molecule has 7 heteroatoms. The lowest BCUT2D eigenvalue weighted by atomic mass is 10.2. The molecule has 0 atom stereocenters. The summed E-state index contributed by atoms with van der Waals surface area (Å²) >= 11 is 6.00. The van der Waals surface area contributed by atoms with E-state index in [4.69, 9.17) is 11.6 Å². The van der Waals surface area contributed by atoms with Crippen LogP contribution in [0.3, 0.4) is 0 Å². The average molecular weight is 360 g/mol. The minimum Gasteiger partial charge on any atom is -0.508 e. The molecule has 0 fully saturated rings. The predicted molar refractivity (Wildman–Crippen MR) is 97.9 cm³/mol. The van der Waals surface area contributed by atoms with Crippen LogP contribution in [0.4, 0.5) is 5.69 Å². The first-order chi connectivity index (χ1) is 12.0. The van der Waals surface area contributed by atoms with Crippen LogP contribution in [0.25, 0.3) is 0 Å². The third kappa shape index (κ3) is 5.93. The minimum absolute atomic E-state index is 0.00280. The van der Waals surface area contributed by atoms with E-state index in [0.29, 0.717) is 16.3 Å². The summed E-state index contributed by atoms with van der Waals surface area (Å²) < 4.78 is 0. The van der Waals surface area contributed by atoms with Crippen molar-refractivity contribution in [2.75, 3.05) is 5.32 Å². The van der Waals surface area contributed by atoms with Crippen molar-refractivity contribution in [2.24, 2.45) is 5.10 Å². The van der Waals surface area contributed by atoms with E-state index in [1.807, 2.05) is 0 Å². The second kappa shape index (κ2) is 8.84. The van der Waals surface area contributed by atoms with Gasteiger partial charge in [-0.05, 0) is 42.3 Å². The minimum atomic E-state index is -0.380. The molecule has 0 aliphatic rings. The Morgan fingerprint density at radius 2 is 1.88 bits per heavy atom. The normalized spacial score (nSPS) is 10.6. The van der Waals surface area contributed by atoms with E-state index in [1.165, 1.54) is 18.3 Å². The van der Waals surface area contributed by atoms with Gasteiger partial charge in [0.1, 0.15) is 5.75 Å². The highest BCUT2D eigenvalue weighted by Gasteiger charge is 2.09. The number of phenols is 1. The average Bonchev–Trinajstić information content (AvgIpc) is 2.57. The number of hydrogen-bond acceptors (Lipinski definition) is 4. The fourth-order valence-corrected chi connectivity index (χ4v) is 2.20. The maximum Gasteiger partial charge on any atom is 0.240 e. The zero-order valence-corrected chi connectivity index (χ0v) is 14.4. The van der Waals surface area contributed by atoms with Gasteiger partial charge in [0.25, 0.3) is 0 Å². The van der Waals surface area contributed by atoms with Crippen LogP contribution in [0, 0.1) is 6.92 Å². The number of phenolic OH excluding ortho intramolecular Hbond substituents is 1. The van der Waals surface area contributed by atoms with E-state index < -0.39 is 0 Å². The Labute approximate surface area is 150 Å². The van der Waals surface area contributed by atoms with Gasteiger partial charge in [-0.2, -0.15) is 5.10 Å². The number of nitrogens with one attached hydrogen (secondary N) is 2. The number of aromatic hydroxyl groups is 1. The van der Waals surface area contributed by atoms with Crippen LogP contribution in [0.1, 0.15) is 24.0 Å². The van der Waals surface area contributed by atoms with Crippen LogP contribution in [0.15, 0.2) is 47.6 Å². The van der Waals surface area contributed by atoms with E-state index in [2.05, 4.69) is 15.8 Å². The maximum atomic E-state index is 11.9. The number of carbonyl (C=O) groups is 2. The van der Waals surface area contributed by atoms with E-state index in [0.717, 1.165) is 5.56 Å². The number of amides is 2. The molecule has 130 valence electrons. The predicted octanol–water partition coefficient (Wildman–Crippen LogP) is 3.22. The fraction of sp³-hybridized carbons (Fsp3) is 0.167. The quantitative estimate of drug-likeness (QED) is 0.546. The van der Waals surface area contributed by atoms with E-state index >= 15 is 0 Å². The summed E-state index contributed by atoms with van der Waals surface area (Å²) in [5.41, 5.74) is 4.39. The van der Waals surface area contributed by atoms with Crippen molar-refractivity contribution in [3.8, 4) is 5.75 Å². The number of anilines is 1. The van der Waals surface area contributed by atoms with Crippen LogP contribution in [0.2, 0.25) is 5.02 Å². The lowest BCUT2D eigenvalue weighted by Crippen LogP contribution is -2.20. The van der Waals surface area contributed by atoms with E-state index in [-0.39, 0.29) is 30.4 Å². The molecule has 0 aromatic heterocycles. The zero-order chi connectivity index (χ0) is 18.2. The van der Waals surface area contributed by atoms with Crippen molar-refractivity contribution in [3.63, 3.8) is 0 Å². The molecule has 0 spiro atoms. The fourth-order valence-electron chi connectivity index (χ4n) is 2.02. The maximum absolute atomic E-state index is 11.9. The summed E-state index contributed by atoms with van der Waals surface area (Å²) in [6.07, 6.45) is 1.44. The zero-order valence-electron chi connectivity index (χ0n) is 13.6. The molecule has 0 bridgehead atoms. The second-order valence-corrected chi connectivity index (χ2v) is 5.76. The number of carbonyl (C=O) groups excluding carboxylic acids is 2. The summed E-state index contributed by atoms with van der Waals surface area (Å²) in [5.74, 6) is -0.546. The van der Waals surface area contributed by atoms with Gasteiger partial charge in [0.2, 0.25) is 11.8 Å². The Hall–Kier alpha value is -2.86. The first kappa shape index (κ1) is 18.5. The molecule has 0 aliphatic heterocycles. The summed E-state index contributed by atoms with van der Waals surface area (Å²) in [6.45, 7) is 1.81. The molecule has 0 radical (unpaired) electrons. The van der Waals surface area contributed by atoms with Gasteiger partial charge in [0.15, 0.2) is 0 Å². The first-order valence-corrected chi connectivity index (χ1v) is 7.99. The molecule has 0 saturated carbocycles. The summed E-state index contributed by atoms with van der Waals surface area (Å²) in [7, 11) is 0. The lowest BCUT2D eigenvalue weighted by Gasteiger charge is -2.09. The molecular weight excluding hydrogens is 342 g/mol. The van der Waals surface area contributed by atoms with Gasteiger partial charge in [-0.15, -0.1) is 0 Å². The number of hydrogen-bond donors (Lipinski definition) is 3. The SMILES string of the molecule is Cc1c(Cl)cccc1NC(=O)CCC(=O)NN=Cc1cccc(O)c1. The molecule has 0 aliphatic carbocycles. The number of halogens is 1. The largest absolute Gasteiger partial charge is 0.508 e. The van der Waals surface area contributed by atoms with E-state index in [9.17, 15) is 14.7 Å². The highest BCUT2D eigenvalue weighted by atomic mass is 35.5. The monoisotopic (exact) mass is 359 g/mol. The summed E-state index contributed by atoms with van der Waals surface area (Å²) in [5, 5.41) is 16.4. The summed E-state index contributed by atoms with van der Waals surface area (Å²) in [6, 6.07) is 11.7. The molecule has 6 nitrogen and oxygen atoms in total. The van der Waals surface area contributed by atoms with Crippen LogP contribution < -0.4 is 10.7 Å². The van der Waals surface area contributed by atoms with Gasteiger partial charge < -0.3 is 10.4 Å². The third-order valence-electron chi connectivity index (χ3n) is 3.39. The summed E-state index contributed by atoms with van der Waals surface area (Å²) in [4.78, 5) is 23.6. The molecule has 25 heavy (non-hydrogen) atoms. The van der Waals surface area contributed by atoms with Gasteiger partial charge >= 0.3 is 0 Å². The lowest BCUT2D eigenvalue weighted by molar-refractivity contribution is -0.124. The van der Waals surface area contributed by atoms with Gasteiger partial charge in [-0.25, -0.2) is 5.43 Å². The molecule has 2 amide bonds. The van der Waals surface area contributed by atoms with Gasteiger partial charge in [0, 0.05) is 23.6 Å². The van der Waals surface area contributed by atoms with Crippen molar-refractivity contribution in [1.82, 2.24) is 5.43 Å². The molecule has 2 aromatic rings. The standard InChI is InChI=1S/C18H18ClN3O3/c1-12-15(19)6-3-7-16(12)21-17(24)8-9-18(25)22-20-11-13-4-2-5-14(23)10-13/h2-7,10-11,23H,8-9H2,1H3,(H,21,24)(H,22,25). The second-order valence-electron chi connectivity index (χ2n) is 5.35. The van der Waals surface area contributed by atoms with Crippen molar-refractivity contribution >= 4 is 35.3 Å². The van der Waals surface area contributed by atoms with Crippen LogP contribution >= 0.6 is 11.6 Å². The molecule has 2 aromatic carbocycles. The van der Waals surface area contributed by atoms with Crippen molar-refractivity contribution < 1.29 is 14.7 Å². The van der Waals surface area contributed by atoms with Crippen molar-refractivity contribution in [1.29, 1.82) is 0 Å². The molecule has 0 unspecified atom stereocenters. The van der Waals surface area contributed by atoms with Gasteiger partial charge in [-0.3, -0.25) is 9.59 Å². The highest BCUT2D eigenvalue weighted by molar-refractivity contribution is 6.31. The van der Waals surface area contributed by atoms with Crippen LogP contribution in [0.5, 0.6) is 5.75 Å². The van der Waals surface area contributed by atoms with Crippen LogP contribution in [-0.2, 0) is 9.59 Å². The Morgan fingerprint density at radius 1 is 1.16 bits per heavy atom. The molecule has 2 rings (SSSR count). The number of rotatable bonds is 6. The molecular formula is C18H18ClN3O3. The smallest absolute Gasteiger partial charge is 0.240 e. The van der Waals surface area contributed by atoms with Crippen molar-refractivity contribution in [3.05, 3.63) is 58.6 Å².